The van der Waals surface area contributed by atoms with E-state index in [9.17, 15) is 13.2 Å². The molecule has 0 radical (unpaired) electrons. The Morgan fingerprint density at radius 3 is 2.18 bits per heavy atom. The van der Waals surface area contributed by atoms with Crippen LogP contribution in [0.1, 0.15) is 10.4 Å². The standard InChI is InChI=1S/C23H23BrN2O6S/c1-30-13-14-32-22-12-3-16(15-21(22)24)23(27)25-17-6-10-20(11-7-17)33(28,29)26-18-4-8-19(31-2)9-5-18/h3-12,15,26H,13-14H2,1-2H3,(H,25,27). The summed E-state index contributed by atoms with van der Waals surface area (Å²) in [5.74, 6) is 0.881. The van der Waals surface area contributed by atoms with Crippen LogP contribution >= 0.6 is 15.9 Å². The summed E-state index contributed by atoms with van der Waals surface area (Å²) in [4.78, 5) is 12.6. The monoisotopic (exact) mass is 534 g/mol. The first-order chi connectivity index (χ1) is 15.8. The van der Waals surface area contributed by atoms with E-state index in [0.717, 1.165) is 0 Å². The highest BCUT2D eigenvalue weighted by Gasteiger charge is 2.15. The van der Waals surface area contributed by atoms with E-state index in [1.807, 2.05) is 0 Å². The number of anilines is 2. The second kappa shape index (κ2) is 11.2. The number of ether oxygens (including phenoxy) is 3. The highest BCUT2D eigenvalue weighted by molar-refractivity contribution is 9.10. The summed E-state index contributed by atoms with van der Waals surface area (Å²) in [5, 5.41) is 2.75. The van der Waals surface area contributed by atoms with Crippen molar-refractivity contribution in [3.05, 3.63) is 76.8 Å². The SMILES string of the molecule is COCCOc1ccc(C(=O)Nc2ccc(S(=O)(=O)Nc3ccc(OC)cc3)cc2)cc1Br. The van der Waals surface area contributed by atoms with Crippen molar-refractivity contribution in [3.8, 4) is 11.5 Å². The van der Waals surface area contributed by atoms with Crippen LogP contribution in [0.4, 0.5) is 11.4 Å². The minimum atomic E-state index is -3.78. The molecule has 0 aromatic heterocycles. The third kappa shape index (κ3) is 6.70. The van der Waals surface area contributed by atoms with E-state index in [1.165, 1.54) is 31.4 Å². The number of methoxy groups -OCH3 is 2. The predicted molar refractivity (Wildman–Crippen MR) is 130 cm³/mol. The van der Waals surface area contributed by atoms with Gasteiger partial charge in [0.1, 0.15) is 18.1 Å². The van der Waals surface area contributed by atoms with Crippen molar-refractivity contribution in [2.24, 2.45) is 0 Å². The van der Waals surface area contributed by atoms with E-state index in [1.54, 1.807) is 49.6 Å². The van der Waals surface area contributed by atoms with Crippen LogP contribution in [0.15, 0.2) is 76.1 Å². The van der Waals surface area contributed by atoms with Crippen molar-refractivity contribution in [1.29, 1.82) is 0 Å². The number of benzene rings is 3. The van der Waals surface area contributed by atoms with Crippen LogP contribution in [0.2, 0.25) is 0 Å². The summed E-state index contributed by atoms with van der Waals surface area (Å²) in [6, 6.07) is 17.4. The first kappa shape index (κ1) is 24.6. The molecule has 0 saturated heterocycles. The third-order valence-corrected chi connectivity index (χ3v) is 6.52. The Hall–Kier alpha value is -3.08. The van der Waals surface area contributed by atoms with Crippen molar-refractivity contribution in [2.75, 3.05) is 37.5 Å². The van der Waals surface area contributed by atoms with Gasteiger partial charge in [-0.1, -0.05) is 0 Å². The minimum absolute atomic E-state index is 0.0663. The number of rotatable bonds is 10. The van der Waals surface area contributed by atoms with Crippen LogP contribution < -0.4 is 19.5 Å². The Morgan fingerprint density at radius 2 is 1.58 bits per heavy atom. The van der Waals surface area contributed by atoms with Crippen LogP contribution in [0.25, 0.3) is 0 Å². The van der Waals surface area contributed by atoms with Crippen molar-refractivity contribution >= 4 is 43.2 Å². The first-order valence-corrected chi connectivity index (χ1v) is 12.1. The maximum Gasteiger partial charge on any atom is 0.261 e. The van der Waals surface area contributed by atoms with Crippen molar-refractivity contribution in [2.45, 2.75) is 4.90 Å². The molecule has 33 heavy (non-hydrogen) atoms. The number of hydrogen-bond acceptors (Lipinski definition) is 6. The number of hydrogen-bond donors (Lipinski definition) is 2. The molecular weight excluding hydrogens is 512 g/mol. The number of sulfonamides is 1. The Kier molecular flexibility index (Phi) is 8.32. The van der Waals surface area contributed by atoms with Crippen molar-refractivity contribution in [1.82, 2.24) is 0 Å². The third-order valence-electron chi connectivity index (χ3n) is 4.50. The molecule has 0 fully saturated rings. The van der Waals surface area contributed by atoms with Gasteiger partial charge in [0, 0.05) is 24.0 Å². The molecule has 0 atom stereocenters. The lowest BCUT2D eigenvalue weighted by atomic mass is 10.2. The fraction of sp³-hybridized carbons (Fsp3) is 0.174. The van der Waals surface area contributed by atoms with Crippen LogP contribution in [-0.4, -0.2) is 41.8 Å². The van der Waals surface area contributed by atoms with Crippen LogP contribution in [-0.2, 0) is 14.8 Å². The van der Waals surface area contributed by atoms with Crippen LogP contribution in [0.5, 0.6) is 11.5 Å². The fourth-order valence-corrected chi connectivity index (χ4v) is 4.34. The van der Waals surface area contributed by atoms with E-state index in [0.29, 0.717) is 46.1 Å². The van der Waals surface area contributed by atoms with Crippen LogP contribution in [0, 0.1) is 0 Å². The molecule has 8 nitrogen and oxygen atoms in total. The Labute approximate surface area is 201 Å². The van der Waals surface area contributed by atoms with Gasteiger partial charge in [-0.25, -0.2) is 8.42 Å². The van der Waals surface area contributed by atoms with Gasteiger partial charge >= 0.3 is 0 Å². The molecule has 0 spiro atoms. The number of carbonyl (C=O) groups excluding carboxylic acids is 1. The summed E-state index contributed by atoms with van der Waals surface area (Å²) < 4.78 is 44.0. The Bertz CT molecular complexity index is 1200. The highest BCUT2D eigenvalue weighted by atomic mass is 79.9. The van der Waals surface area contributed by atoms with E-state index in [-0.39, 0.29) is 10.8 Å². The van der Waals surface area contributed by atoms with Gasteiger partial charge in [0.15, 0.2) is 0 Å². The molecule has 3 aromatic rings. The molecule has 0 aliphatic carbocycles. The quantitative estimate of drug-likeness (QED) is 0.370. The molecule has 0 saturated carbocycles. The van der Waals surface area contributed by atoms with Crippen molar-refractivity contribution in [3.63, 3.8) is 0 Å². The van der Waals surface area contributed by atoms with Gasteiger partial charge in [-0.05, 0) is 82.7 Å². The Balaban J connectivity index is 1.64. The van der Waals surface area contributed by atoms with E-state index in [4.69, 9.17) is 14.2 Å². The first-order valence-electron chi connectivity index (χ1n) is 9.82. The maximum atomic E-state index is 12.6. The molecular formula is C23H23BrN2O6S. The minimum Gasteiger partial charge on any atom is -0.497 e. The lowest BCUT2D eigenvalue weighted by molar-refractivity contribution is 0.102. The molecule has 0 aliphatic heterocycles. The molecule has 10 heteroatoms. The zero-order valence-corrected chi connectivity index (χ0v) is 20.4. The van der Waals surface area contributed by atoms with Gasteiger partial charge in [0.05, 0.1) is 23.1 Å². The summed E-state index contributed by atoms with van der Waals surface area (Å²) in [5.41, 5.74) is 1.28. The number of carbonyl (C=O) groups is 1. The van der Waals surface area contributed by atoms with E-state index >= 15 is 0 Å². The number of amides is 1. The van der Waals surface area contributed by atoms with Gasteiger partial charge in [0.2, 0.25) is 0 Å². The second-order valence-corrected chi connectivity index (χ2v) is 9.34. The lowest BCUT2D eigenvalue weighted by Crippen LogP contribution is -2.14. The molecule has 0 heterocycles. The average molecular weight is 535 g/mol. The van der Waals surface area contributed by atoms with Gasteiger partial charge in [-0.15, -0.1) is 0 Å². The summed E-state index contributed by atoms with van der Waals surface area (Å²) >= 11 is 3.39. The van der Waals surface area contributed by atoms with Gasteiger partial charge in [-0.2, -0.15) is 0 Å². The molecule has 3 rings (SSSR count). The predicted octanol–water partition coefficient (Wildman–Crippen LogP) is 4.54. The summed E-state index contributed by atoms with van der Waals surface area (Å²) in [6.45, 7) is 0.846. The van der Waals surface area contributed by atoms with Crippen molar-refractivity contribution < 1.29 is 27.4 Å². The van der Waals surface area contributed by atoms with Gasteiger partial charge in [0.25, 0.3) is 15.9 Å². The topological polar surface area (TPSA) is 103 Å². The highest BCUT2D eigenvalue weighted by Crippen LogP contribution is 2.27. The summed E-state index contributed by atoms with van der Waals surface area (Å²) in [7, 11) is -0.660. The molecule has 0 aliphatic rings. The van der Waals surface area contributed by atoms with Gasteiger partial charge < -0.3 is 19.5 Å². The molecule has 1 amide bonds. The van der Waals surface area contributed by atoms with E-state index in [2.05, 4.69) is 26.0 Å². The van der Waals surface area contributed by atoms with E-state index < -0.39 is 10.0 Å². The molecule has 2 N–H and O–H groups in total. The Morgan fingerprint density at radius 1 is 0.909 bits per heavy atom. The van der Waals surface area contributed by atoms with Gasteiger partial charge in [-0.3, -0.25) is 9.52 Å². The second-order valence-electron chi connectivity index (χ2n) is 6.80. The molecule has 3 aromatic carbocycles. The molecule has 0 unspecified atom stereocenters. The zero-order chi connectivity index (χ0) is 23.8. The molecule has 0 bridgehead atoms. The summed E-state index contributed by atoms with van der Waals surface area (Å²) in [6.07, 6.45) is 0. The smallest absolute Gasteiger partial charge is 0.261 e. The number of halogens is 1. The normalized spacial score (nSPS) is 11.0. The molecule has 174 valence electrons. The number of nitrogens with one attached hydrogen (secondary N) is 2. The largest absolute Gasteiger partial charge is 0.497 e. The zero-order valence-electron chi connectivity index (χ0n) is 18.0. The maximum absolute atomic E-state index is 12.6. The fourth-order valence-electron chi connectivity index (χ4n) is 2.79. The lowest BCUT2D eigenvalue weighted by Gasteiger charge is -2.11. The van der Waals surface area contributed by atoms with Crippen LogP contribution in [0.3, 0.4) is 0 Å². The average Bonchev–Trinajstić information content (AvgIpc) is 2.81.